The second-order valence-corrected chi connectivity index (χ2v) is 7.08. The maximum absolute atomic E-state index is 4.60. The molecule has 0 aliphatic carbocycles. The van der Waals surface area contributed by atoms with Gasteiger partial charge in [-0.2, -0.15) is 5.10 Å². The zero-order valence-electron chi connectivity index (χ0n) is 16.7. The summed E-state index contributed by atoms with van der Waals surface area (Å²) in [6, 6.07) is 6.37. The number of aromatic nitrogens is 3. The highest BCUT2D eigenvalue weighted by atomic mass is 15.3. The van der Waals surface area contributed by atoms with E-state index < -0.39 is 0 Å². The van der Waals surface area contributed by atoms with Crippen molar-refractivity contribution in [3.05, 3.63) is 41.3 Å². The lowest BCUT2D eigenvalue weighted by atomic mass is 10.3. The van der Waals surface area contributed by atoms with E-state index in [-0.39, 0.29) is 0 Å². The highest BCUT2D eigenvalue weighted by molar-refractivity contribution is 5.79. The van der Waals surface area contributed by atoms with E-state index in [0.717, 1.165) is 55.6 Å². The van der Waals surface area contributed by atoms with Crippen LogP contribution in [0, 0.1) is 13.8 Å². The lowest BCUT2D eigenvalue weighted by Gasteiger charge is -2.16. The molecule has 0 bridgehead atoms. The largest absolute Gasteiger partial charge is 0.357 e. The zero-order chi connectivity index (χ0) is 19.1. The van der Waals surface area contributed by atoms with Crippen molar-refractivity contribution in [2.75, 3.05) is 31.6 Å². The van der Waals surface area contributed by atoms with Crippen LogP contribution in [0.3, 0.4) is 0 Å². The van der Waals surface area contributed by atoms with Gasteiger partial charge in [0.25, 0.3) is 0 Å². The Morgan fingerprint density at radius 2 is 2.00 bits per heavy atom. The Hall–Kier alpha value is -2.57. The number of nitrogens with one attached hydrogen (secondary N) is 2. The van der Waals surface area contributed by atoms with Gasteiger partial charge in [0, 0.05) is 51.7 Å². The molecule has 0 aromatic carbocycles. The van der Waals surface area contributed by atoms with Crippen LogP contribution in [0.1, 0.15) is 36.2 Å². The first-order chi connectivity index (χ1) is 13.2. The Morgan fingerprint density at radius 1 is 1.19 bits per heavy atom. The van der Waals surface area contributed by atoms with Crippen LogP contribution in [0.5, 0.6) is 0 Å². The van der Waals surface area contributed by atoms with Gasteiger partial charge in [-0.05, 0) is 50.8 Å². The molecule has 0 radical (unpaired) electrons. The normalized spacial score (nSPS) is 14.6. The second kappa shape index (κ2) is 9.39. The summed E-state index contributed by atoms with van der Waals surface area (Å²) >= 11 is 0. The summed E-state index contributed by atoms with van der Waals surface area (Å²) in [6.07, 6.45) is 5.49. The van der Waals surface area contributed by atoms with Gasteiger partial charge in [-0.1, -0.05) is 6.07 Å². The maximum atomic E-state index is 4.60. The van der Waals surface area contributed by atoms with Crippen LogP contribution in [0.25, 0.3) is 0 Å². The Labute approximate surface area is 161 Å². The van der Waals surface area contributed by atoms with Gasteiger partial charge in [0.05, 0.1) is 5.69 Å². The Bertz CT molecular complexity index is 742. The third-order valence-corrected chi connectivity index (χ3v) is 4.87. The van der Waals surface area contributed by atoms with Crippen molar-refractivity contribution in [3.8, 4) is 0 Å². The molecule has 0 saturated carbocycles. The molecule has 0 spiro atoms. The number of anilines is 1. The molecule has 2 N–H and O–H groups in total. The van der Waals surface area contributed by atoms with Crippen LogP contribution in [-0.4, -0.2) is 47.4 Å². The summed E-state index contributed by atoms with van der Waals surface area (Å²) in [5, 5.41) is 11.2. The summed E-state index contributed by atoms with van der Waals surface area (Å²) in [5.41, 5.74) is 3.44. The highest BCUT2D eigenvalue weighted by Gasteiger charge is 2.12. The van der Waals surface area contributed by atoms with E-state index in [1.54, 1.807) is 7.05 Å². The van der Waals surface area contributed by atoms with Crippen molar-refractivity contribution >= 4 is 11.8 Å². The van der Waals surface area contributed by atoms with Crippen LogP contribution >= 0.6 is 0 Å². The molecule has 2 aromatic heterocycles. The average Bonchev–Trinajstić information content (AvgIpc) is 3.31. The molecule has 0 atom stereocenters. The van der Waals surface area contributed by atoms with Crippen LogP contribution in [0.15, 0.2) is 29.4 Å². The van der Waals surface area contributed by atoms with Crippen molar-refractivity contribution in [2.45, 2.75) is 46.2 Å². The van der Waals surface area contributed by atoms with Crippen LogP contribution in [0.2, 0.25) is 0 Å². The summed E-state index contributed by atoms with van der Waals surface area (Å²) in [7, 11) is 1.80. The topological polar surface area (TPSA) is 70.4 Å². The van der Waals surface area contributed by atoms with E-state index in [1.165, 1.54) is 18.5 Å². The van der Waals surface area contributed by atoms with Crippen LogP contribution in [-0.2, 0) is 13.1 Å². The van der Waals surface area contributed by atoms with E-state index in [4.69, 9.17) is 0 Å². The van der Waals surface area contributed by atoms with E-state index in [2.05, 4.69) is 60.4 Å². The van der Waals surface area contributed by atoms with Crippen LogP contribution in [0.4, 0.5) is 5.82 Å². The molecule has 27 heavy (non-hydrogen) atoms. The van der Waals surface area contributed by atoms with E-state index in [0.29, 0.717) is 6.54 Å². The molecule has 7 heteroatoms. The lowest BCUT2D eigenvalue weighted by molar-refractivity contribution is 0.555. The molecule has 1 aliphatic heterocycles. The first kappa shape index (κ1) is 19.2. The number of pyridine rings is 1. The number of aryl methyl sites for hydroxylation is 3. The lowest BCUT2D eigenvalue weighted by Crippen LogP contribution is -2.37. The molecule has 1 aliphatic rings. The molecule has 7 nitrogen and oxygen atoms in total. The van der Waals surface area contributed by atoms with Crippen molar-refractivity contribution in [1.29, 1.82) is 0 Å². The molecule has 0 amide bonds. The minimum absolute atomic E-state index is 0.713. The molecule has 1 fully saturated rings. The summed E-state index contributed by atoms with van der Waals surface area (Å²) in [5.74, 6) is 1.90. The fourth-order valence-corrected chi connectivity index (χ4v) is 3.40. The number of guanidine groups is 1. The second-order valence-electron chi connectivity index (χ2n) is 7.08. The van der Waals surface area contributed by atoms with E-state index >= 15 is 0 Å². The smallest absolute Gasteiger partial charge is 0.191 e. The van der Waals surface area contributed by atoms with Gasteiger partial charge in [0.2, 0.25) is 0 Å². The number of hydrogen-bond acceptors (Lipinski definition) is 4. The van der Waals surface area contributed by atoms with E-state index in [9.17, 15) is 0 Å². The Kier molecular flexibility index (Phi) is 6.68. The first-order valence-electron chi connectivity index (χ1n) is 9.81. The van der Waals surface area contributed by atoms with E-state index in [1.807, 2.05) is 13.1 Å². The fourth-order valence-electron chi connectivity index (χ4n) is 3.40. The van der Waals surface area contributed by atoms with Gasteiger partial charge in [0.1, 0.15) is 5.82 Å². The summed E-state index contributed by atoms with van der Waals surface area (Å²) < 4.78 is 2.06. The van der Waals surface area contributed by atoms with Gasteiger partial charge in [-0.3, -0.25) is 9.67 Å². The van der Waals surface area contributed by atoms with Crippen molar-refractivity contribution in [1.82, 2.24) is 25.4 Å². The van der Waals surface area contributed by atoms with Crippen molar-refractivity contribution in [2.24, 2.45) is 4.99 Å². The molecule has 1 saturated heterocycles. The number of aliphatic imine (C=N–C) groups is 1. The molecule has 146 valence electrons. The predicted octanol–water partition coefficient (Wildman–Crippen LogP) is 2.25. The van der Waals surface area contributed by atoms with Gasteiger partial charge in [-0.15, -0.1) is 0 Å². The van der Waals surface area contributed by atoms with Gasteiger partial charge in [0.15, 0.2) is 5.96 Å². The summed E-state index contributed by atoms with van der Waals surface area (Å²) in [4.78, 5) is 11.2. The SMILES string of the molecule is CN=C(NCCCn1nc(C)cc1C)NCc1ccc(N2CCCC2)nc1. The minimum Gasteiger partial charge on any atom is -0.357 e. The third-order valence-electron chi connectivity index (χ3n) is 4.87. The number of nitrogens with zero attached hydrogens (tertiary/aromatic N) is 5. The quantitative estimate of drug-likeness (QED) is 0.445. The highest BCUT2D eigenvalue weighted by Crippen LogP contribution is 2.17. The molecular weight excluding hydrogens is 338 g/mol. The van der Waals surface area contributed by atoms with Gasteiger partial charge < -0.3 is 15.5 Å². The molecule has 3 rings (SSSR count). The monoisotopic (exact) mass is 369 g/mol. The minimum atomic E-state index is 0.713. The van der Waals surface area contributed by atoms with Crippen molar-refractivity contribution in [3.63, 3.8) is 0 Å². The average molecular weight is 370 g/mol. The molecule has 2 aromatic rings. The van der Waals surface area contributed by atoms with Crippen LogP contribution < -0.4 is 15.5 Å². The molecule has 0 unspecified atom stereocenters. The predicted molar refractivity (Wildman–Crippen MR) is 110 cm³/mol. The zero-order valence-corrected chi connectivity index (χ0v) is 16.7. The fraction of sp³-hybridized carbons (Fsp3) is 0.550. The summed E-state index contributed by atoms with van der Waals surface area (Å²) in [6.45, 7) is 8.84. The van der Waals surface area contributed by atoms with Gasteiger partial charge in [-0.25, -0.2) is 4.98 Å². The van der Waals surface area contributed by atoms with Gasteiger partial charge >= 0.3 is 0 Å². The first-order valence-corrected chi connectivity index (χ1v) is 9.81. The number of hydrogen-bond donors (Lipinski definition) is 2. The maximum Gasteiger partial charge on any atom is 0.191 e. The molecular formula is C20H31N7. The third kappa shape index (κ3) is 5.45. The Morgan fingerprint density at radius 3 is 2.63 bits per heavy atom. The standard InChI is InChI=1S/C20H31N7/c1-16-13-17(2)27(25-16)12-6-9-22-20(21-3)24-15-18-7-8-19(23-14-18)26-10-4-5-11-26/h7-8,13-14H,4-6,9-12,15H2,1-3H3,(H2,21,22,24). The Balaban J connectivity index is 1.39. The van der Waals surface area contributed by atoms with Crippen molar-refractivity contribution < 1.29 is 0 Å². The molecule has 3 heterocycles. The number of rotatable bonds is 7.